The van der Waals surface area contributed by atoms with Crippen LogP contribution in [0.2, 0.25) is 0 Å². The van der Waals surface area contributed by atoms with Crippen molar-refractivity contribution in [2.24, 2.45) is 10.9 Å². The van der Waals surface area contributed by atoms with Crippen LogP contribution < -0.4 is 10.6 Å². The molecule has 0 rings (SSSR count). The van der Waals surface area contributed by atoms with E-state index in [9.17, 15) is 4.79 Å². The Morgan fingerprint density at radius 3 is 2.58 bits per heavy atom. The van der Waals surface area contributed by atoms with Gasteiger partial charge in [0, 0.05) is 26.1 Å². The lowest BCUT2D eigenvalue weighted by Gasteiger charge is -2.12. The summed E-state index contributed by atoms with van der Waals surface area (Å²) in [7, 11) is 1.42. The lowest BCUT2D eigenvalue weighted by molar-refractivity contribution is -0.140. The molecule has 5 nitrogen and oxygen atoms in total. The Morgan fingerprint density at radius 2 is 2.00 bits per heavy atom. The van der Waals surface area contributed by atoms with E-state index in [-0.39, 0.29) is 5.97 Å². The molecule has 0 bridgehead atoms. The van der Waals surface area contributed by atoms with Crippen LogP contribution in [0.5, 0.6) is 0 Å². The summed E-state index contributed by atoms with van der Waals surface area (Å²) in [6, 6.07) is 0. The van der Waals surface area contributed by atoms with Gasteiger partial charge in [0.15, 0.2) is 5.96 Å². The molecule has 0 radical (unpaired) electrons. The predicted octanol–water partition coefficient (Wildman–Crippen LogP) is 1.93. The van der Waals surface area contributed by atoms with Crippen molar-refractivity contribution in [3.05, 3.63) is 0 Å². The Morgan fingerprint density at radius 1 is 1.26 bits per heavy atom. The van der Waals surface area contributed by atoms with Gasteiger partial charge in [-0.15, -0.1) is 0 Å². The highest BCUT2D eigenvalue weighted by Gasteiger charge is 2.00. The van der Waals surface area contributed by atoms with Crippen LogP contribution in [0.15, 0.2) is 4.99 Å². The number of guanidine groups is 1. The molecule has 0 saturated heterocycles. The minimum atomic E-state index is -0.147. The van der Waals surface area contributed by atoms with Gasteiger partial charge in [0.25, 0.3) is 0 Å². The number of nitrogens with zero attached hydrogens (tertiary/aromatic N) is 1. The number of carbonyl (C=O) groups is 1. The average molecular weight is 271 g/mol. The second kappa shape index (κ2) is 11.8. The third kappa shape index (κ3) is 11.6. The zero-order valence-corrected chi connectivity index (χ0v) is 12.8. The quantitative estimate of drug-likeness (QED) is 0.291. The number of carbonyl (C=O) groups excluding carboxylic acids is 1. The number of ether oxygens (including phenoxy) is 1. The van der Waals surface area contributed by atoms with E-state index >= 15 is 0 Å². The molecular formula is C14H29N3O2. The first kappa shape index (κ1) is 17.7. The largest absolute Gasteiger partial charge is 0.469 e. The Kier molecular flexibility index (Phi) is 11.0. The van der Waals surface area contributed by atoms with Crippen molar-refractivity contribution in [3.8, 4) is 0 Å². The molecule has 0 fully saturated rings. The van der Waals surface area contributed by atoms with Crippen LogP contribution >= 0.6 is 0 Å². The predicted molar refractivity (Wildman–Crippen MR) is 79.3 cm³/mol. The van der Waals surface area contributed by atoms with Crippen molar-refractivity contribution in [2.75, 3.05) is 26.7 Å². The zero-order chi connectivity index (χ0) is 14.5. The van der Waals surface area contributed by atoms with E-state index in [1.807, 2.05) is 0 Å². The molecule has 0 unspecified atom stereocenters. The molecule has 0 aromatic carbocycles. The highest BCUT2D eigenvalue weighted by molar-refractivity contribution is 5.79. The number of hydrogen-bond acceptors (Lipinski definition) is 3. The maximum atomic E-state index is 10.9. The van der Waals surface area contributed by atoms with Gasteiger partial charge in [0.1, 0.15) is 0 Å². The number of rotatable bonds is 9. The van der Waals surface area contributed by atoms with Crippen molar-refractivity contribution < 1.29 is 9.53 Å². The number of unbranched alkanes of at least 4 members (excludes halogenated alkanes) is 1. The smallest absolute Gasteiger partial charge is 0.305 e. The first-order valence-corrected chi connectivity index (χ1v) is 7.19. The van der Waals surface area contributed by atoms with E-state index in [0.29, 0.717) is 12.3 Å². The summed E-state index contributed by atoms with van der Waals surface area (Å²) in [4.78, 5) is 15.4. The number of methoxy groups -OCH3 is 1. The van der Waals surface area contributed by atoms with Crippen molar-refractivity contribution in [3.63, 3.8) is 0 Å². The van der Waals surface area contributed by atoms with Crippen LogP contribution in [0.4, 0.5) is 0 Å². The van der Waals surface area contributed by atoms with Gasteiger partial charge in [-0.2, -0.15) is 0 Å². The first-order valence-electron chi connectivity index (χ1n) is 7.19. The molecule has 0 aromatic rings. The van der Waals surface area contributed by atoms with Gasteiger partial charge >= 0.3 is 5.97 Å². The fraction of sp³-hybridized carbons (Fsp3) is 0.857. The Hall–Kier alpha value is -1.26. The van der Waals surface area contributed by atoms with E-state index in [4.69, 9.17) is 0 Å². The number of esters is 1. The normalized spacial score (nSPS) is 11.5. The zero-order valence-electron chi connectivity index (χ0n) is 12.8. The molecule has 0 aliphatic carbocycles. The molecule has 112 valence electrons. The van der Waals surface area contributed by atoms with E-state index in [0.717, 1.165) is 44.9 Å². The van der Waals surface area contributed by atoms with Crippen molar-refractivity contribution in [1.82, 2.24) is 10.6 Å². The molecule has 0 atom stereocenters. The minimum absolute atomic E-state index is 0.147. The lowest BCUT2D eigenvalue weighted by atomic mass is 10.1. The molecule has 0 aliphatic heterocycles. The standard InChI is InChI=1S/C14H29N3O2/c1-5-15-14(17-11-9-12(2)3)16-10-7-6-8-13(18)19-4/h12H,5-11H2,1-4H3,(H2,15,16,17). The highest BCUT2D eigenvalue weighted by atomic mass is 16.5. The summed E-state index contributed by atoms with van der Waals surface area (Å²) < 4.78 is 4.59. The fourth-order valence-corrected chi connectivity index (χ4v) is 1.50. The van der Waals surface area contributed by atoms with Gasteiger partial charge in [-0.25, -0.2) is 0 Å². The second-order valence-electron chi connectivity index (χ2n) is 4.90. The topological polar surface area (TPSA) is 62.7 Å². The third-order valence-electron chi connectivity index (χ3n) is 2.64. The summed E-state index contributed by atoms with van der Waals surface area (Å²) in [5.74, 6) is 1.41. The van der Waals surface area contributed by atoms with Gasteiger partial charge in [0.05, 0.1) is 7.11 Å². The molecule has 0 spiro atoms. The molecule has 2 N–H and O–H groups in total. The van der Waals surface area contributed by atoms with Gasteiger partial charge in [-0.1, -0.05) is 13.8 Å². The SMILES string of the molecule is CCNC(=NCCCCC(=O)OC)NCCC(C)C. The van der Waals surface area contributed by atoms with Crippen LogP contribution in [0.25, 0.3) is 0 Å². The number of aliphatic imine (C=N–C) groups is 1. The molecule has 0 heterocycles. The maximum absolute atomic E-state index is 10.9. The Bertz CT molecular complexity index is 265. The Balaban J connectivity index is 3.82. The van der Waals surface area contributed by atoms with Crippen molar-refractivity contribution in [2.45, 2.75) is 46.5 Å². The molecular weight excluding hydrogens is 242 g/mol. The number of hydrogen-bond donors (Lipinski definition) is 2. The van der Waals surface area contributed by atoms with Crippen molar-refractivity contribution >= 4 is 11.9 Å². The van der Waals surface area contributed by atoms with E-state index < -0.39 is 0 Å². The Labute approximate surface area is 117 Å². The van der Waals surface area contributed by atoms with Gasteiger partial charge < -0.3 is 15.4 Å². The molecule has 19 heavy (non-hydrogen) atoms. The van der Waals surface area contributed by atoms with E-state index in [2.05, 4.69) is 41.1 Å². The summed E-state index contributed by atoms with van der Waals surface area (Å²) in [5.41, 5.74) is 0. The fourth-order valence-electron chi connectivity index (χ4n) is 1.50. The molecule has 0 aromatic heterocycles. The molecule has 5 heteroatoms. The molecule has 0 aliphatic rings. The van der Waals surface area contributed by atoms with E-state index in [1.54, 1.807) is 0 Å². The highest BCUT2D eigenvalue weighted by Crippen LogP contribution is 1.98. The van der Waals surface area contributed by atoms with Crippen LogP contribution in [-0.4, -0.2) is 38.7 Å². The second-order valence-corrected chi connectivity index (χ2v) is 4.90. The van der Waals surface area contributed by atoms with Crippen LogP contribution in [0.1, 0.15) is 46.5 Å². The van der Waals surface area contributed by atoms with Gasteiger partial charge in [-0.05, 0) is 32.1 Å². The van der Waals surface area contributed by atoms with Crippen LogP contribution in [0.3, 0.4) is 0 Å². The summed E-state index contributed by atoms with van der Waals surface area (Å²) in [5, 5.41) is 6.52. The van der Waals surface area contributed by atoms with Gasteiger partial charge in [-0.3, -0.25) is 9.79 Å². The molecule has 0 saturated carbocycles. The summed E-state index contributed by atoms with van der Waals surface area (Å²) in [6.45, 7) is 8.99. The number of nitrogens with one attached hydrogen (secondary N) is 2. The maximum Gasteiger partial charge on any atom is 0.305 e. The summed E-state index contributed by atoms with van der Waals surface area (Å²) >= 11 is 0. The monoisotopic (exact) mass is 271 g/mol. The lowest BCUT2D eigenvalue weighted by Crippen LogP contribution is -2.38. The molecule has 0 amide bonds. The average Bonchev–Trinajstić information content (AvgIpc) is 2.37. The van der Waals surface area contributed by atoms with Crippen LogP contribution in [0, 0.1) is 5.92 Å². The van der Waals surface area contributed by atoms with Crippen LogP contribution in [-0.2, 0) is 9.53 Å². The summed E-state index contributed by atoms with van der Waals surface area (Å²) in [6.07, 6.45) is 3.33. The van der Waals surface area contributed by atoms with E-state index in [1.165, 1.54) is 7.11 Å². The van der Waals surface area contributed by atoms with Gasteiger partial charge in [0.2, 0.25) is 0 Å². The first-order chi connectivity index (χ1) is 9.10. The van der Waals surface area contributed by atoms with Crippen molar-refractivity contribution in [1.29, 1.82) is 0 Å². The third-order valence-corrected chi connectivity index (χ3v) is 2.64. The minimum Gasteiger partial charge on any atom is -0.469 e.